The summed E-state index contributed by atoms with van der Waals surface area (Å²) in [7, 11) is 0. The molecule has 0 aliphatic carbocycles. The summed E-state index contributed by atoms with van der Waals surface area (Å²) in [5.74, 6) is 0. The zero-order chi connectivity index (χ0) is 16.4. The molecule has 0 amide bonds. The summed E-state index contributed by atoms with van der Waals surface area (Å²) in [5, 5.41) is 0. The fourth-order valence-electron chi connectivity index (χ4n) is 3.25. The summed E-state index contributed by atoms with van der Waals surface area (Å²) in [4.78, 5) is 0. The maximum Gasteiger partial charge on any atom is 0.0537 e. The summed E-state index contributed by atoms with van der Waals surface area (Å²) in [5.41, 5.74) is 7.42. The molecular formula is C23H19N. The molecule has 0 saturated carbocycles. The van der Waals surface area contributed by atoms with Crippen molar-refractivity contribution in [3.8, 4) is 28.1 Å². The first-order valence-corrected chi connectivity index (χ1v) is 8.23. The highest BCUT2D eigenvalue weighted by Crippen LogP contribution is 2.34. The van der Waals surface area contributed by atoms with Crippen LogP contribution in [-0.4, -0.2) is 4.57 Å². The Kier molecular flexibility index (Phi) is 3.76. The standard InChI is InChI=1S/C23H19N/c1-18-22(19-11-5-2-6-12-19)17-23(20-13-7-3-8-14-20)24(18)21-15-9-4-10-16-21/h2-17H,1H3. The topological polar surface area (TPSA) is 4.93 Å². The molecule has 116 valence electrons. The van der Waals surface area contributed by atoms with Crippen LogP contribution in [0.15, 0.2) is 97.1 Å². The van der Waals surface area contributed by atoms with Crippen molar-refractivity contribution in [2.75, 3.05) is 0 Å². The van der Waals surface area contributed by atoms with E-state index in [1.807, 2.05) is 0 Å². The Bertz CT molecular complexity index is 936. The predicted octanol–water partition coefficient (Wildman–Crippen LogP) is 6.12. The summed E-state index contributed by atoms with van der Waals surface area (Å²) < 4.78 is 2.34. The van der Waals surface area contributed by atoms with Gasteiger partial charge < -0.3 is 4.57 Å². The van der Waals surface area contributed by atoms with Crippen LogP contribution in [0.5, 0.6) is 0 Å². The van der Waals surface area contributed by atoms with Crippen LogP contribution >= 0.6 is 0 Å². The first kappa shape index (κ1) is 14.5. The number of rotatable bonds is 3. The smallest absolute Gasteiger partial charge is 0.0537 e. The largest absolute Gasteiger partial charge is 0.313 e. The molecule has 0 N–H and O–H groups in total. The third kappa shape index (κ3) is 2.55. The van der Waals surface area contributed by atoms with Crippen LogP contribution in [0.1, 0.15) is 5.69 Å². The molecule has 4 rings (SSSR count). The number of aromatic nitrogens is 1. The van der Waals surface area contributed by atoms with Crippen molar-refractivity contribution in [3.05, 3.63) is 103 Å². The van der Waals surface area contributed by atoms with Crippen molar-refractivity contribution in [2.24, 2.45) is 0 Å². The highest BCUT2D eigenvalue weighted by Gasteiger charge is 2.15. The van der Waals surface area contributed by atoms with E-state index in [1.54, 1.807) is 0 Å². The molecule has 0 bridgehead atoms. The number of hydrogen-bond donors (Lipinski definition) is 0. The van der Waals surface area contributed by atoms with Gasteiger partial charge in [-0.25, -0.2) is 0 Å². The minimum atomic E-state index is 1.19. The average molecular weight is 309 g/mol. The van der Waals surface area contributed by atoms with E-state index in [4.69, 9.17) is 0 Å². The highest BCUT2D eigenvalue weighted by atomic mass is 15.0. The number of hydrogen-bond acceptors (Lipinski definition) is 0. The van der Waals surface area contributed by atoms with E-state index in [9.17, 15) is 0 Å². The van der Waals surface area contributed by atoms with Gasteiger partial charge in [0.05, 0.1) is 5.69 Å². The van der Waals surface area contributed by atoms with Crippen molar-refractivity contribution < 1.29 is 0 Å². The summed E-state index contributed by atoms with van der Waals surface area (Å²) >= 11 is 0. The van der Waals surface area contributed by atoms with E-state index in [1.165, 1.54) is 33.8 Å². The SMILES string of the molecule is Cc1c(-c2ccccc2)cc(-c2ccccc2)n1-c1ccccc1. The second-order valence-corrected chi connectivity index (χ2v) is 5.93. The molecule has 0 saturated heterocycles. The van der Waals surface area contributed by atoms with Crippen LogP contribution in [0.25, 0.3) is 28.1 Å². The molecule has 0 aliphatic rings. The van der Waals surface area contributed by atoms with Crippen LogP contribution in [0.3, 0.4) is 0 Å². The number of para-hydroxylation sites is 1. The van der Waals surface area contributed by atoms with E-state index in [0.29, 0.717) is 0 Å². The van der Waals surface area contributed by atoms with Gasteiger partial charge in [0.25, 0.3) is 0 Å². The van der Waals surface area contributed by atoms with Crippen molar-refractivity contribution in [2.45, 2.75) is 6.92 Å². The molecule has 4 aromatic rings. The lowest BCUT2D eigenvalue weighted by Gasteiger charge is -2.12. The molecule has 0 atom stereocenters. The number of nitrogens with zero attached hydrogens (tertiary/aromatic N) is 1. The van der Waals surface area contributed by atoms with Gasteiger partial charge in [-0.2, -0.15) is 0 Å². The summed E-state index contributed by atoms with van der Waals surface area (Å²) in [6, 6.07) is 34.0. The van der Waals surface area contributed by atoms with Gasteiger partial charge in [0.2, 0.25) is 0 Å². The second kappa shape index (κ2) is 6.21. The zero-order valence-corrected chi connectivity index (χ0v) is 13.7. The average Bonchev–Trinajstić information content (AvgIpc) is 3.01. The van der Waals surface area contributed by atoms with Crippen LogP contribution < -0.4 is 0 Å². The van der Waals surface area contributed by atoms with Crippen molar-refractivity contribution in [3.63, 3.8) is 0 Å². The third-order valence-corrected chi connectivity index (χ3v) is 4.42. The van der Waals surface area contributed by atoms with Crippen LogP contribution in [0.4, 0.5) is 0 Å². The van der Waals surface area contributed by atoms with E-state index in [-0.39, 0.29) is 0 Å². The Morgan fingerprint density at radius 2 is 1.08 bits per heavy atom. The Morgan fingerprint density at radius 1 is 0.583 bits per heavy atom. The second-order valence-electron chi connectivity index (χ2n) is 5.93. The lowest BCUT2D eigenvalue weighted by Crippen LogP contribution is -1.99. The van der Waals surface area contributed by atoms with E-state index in [2.05, 4.69) is 109 Å². The van der Waals surface area contributed by atoms with Crippen molar-refractivity contribution in [1.29, 1.82) is 0 Å². The van der Waals surface area contributed by atoms with Gasteiger partial charge in [-0.05, 0) is 36.2 Å². The number of benzene rings is 3. The van der Waals surface area contributed by atoms with Crippen LogP contribution in [-0.2, 0) is 0 Å². The van der Waals surface area contributed by atoms with Gasteiger partial charge in [0, 0.05) is 16.9 Å². The minimum absolute atomic E-state index is 1.19. The highest BCUT2D eigenvalue weighted by molar-refractivity contribution is 5.76. The Labute approximate surface area is 142 Å². The van der Waals surface area contributed by atoms with Gasteiger partial charge in [-0.3, -0.25) is 0 Å². The summed E-state index contributed by atoms with van der Waals surface area (Å²) in [6.45, 7) is 2.20. The monoisotopic (exact) mass is 309 g/mol. The molecule has 1 aromatic heterocycles. The molecule has 3 aromatic carbocycles. The minimum Gasteiger partial charge on any atom is -0.313 e. The molecule has 1 heterocycles. The Morgan fingerprint density at radius 3 is 1.67 bits per heavy atom. The predicted molar refractivity (Wildman–Crippen MR) is 101 cm³/mol. The third-order valence-electron chi connectivity index (χ3n) is 4.42. The van der Waals surface area contributed by atoms with Gasteiger partial charge in [-0.1, -0.05) is 78.9 Å². The zero-order valence-electron chi connectivity index (χ0n) is 13.7. The fraction of sp³-hybridized carbons (Fsp3) is 0.0435. The van der Waals surface area contributed by atoms with Crippen LogP contribution in [0, 0.1) is 6.92 Å². The molecule has 0 radical (unpaired) electrons. The van der Waals surface area contributed by atoms with Crippen LogP contribution in [0.2, 0.25) is 0 Å². The molecule has 0 fully saturated rings. The normalized spacial score (nSPS) is 10.7. The van der Waals surface area contributed by atoms with Crippen molar-refractivity contribution in [1.82, 2.24) is 4.57 Å². The Hall–Kier alpha value is -3.06. The van der Waals surface area contributed by atoms with Gasteiger partial charge in [-0.15, -0.1) is 0 Å². The molecule has 1 heteroatoms. The fourth-order valence-corrected chi connectivity index (χ4v) is 3.25. The molecule has 24 heavy (non-hydrogen) atoms. The van der Waals surface area contributed by atoms with Gasteiger partial charge in [0.1, 0.15) is 0 Å². The Balaban J connectivity index is 1.99. The molecular weight excluding hydrogens is 290 g/mol. The lowest BCUT2D eigenvalue weighted by atomic mass is 10.1. The van der Waals surface area contributed by atoms with E-state index >= 15 is 0 Å². The quantitative estimate of drug-likeness (QED) is 0.429. The first-order valence-electron chi connectivity index (χ1n) is 8.23. The summed E-state index contributed by atoms with van der Waals surface area (Å²) in [6.07, 6.45) is 0. The van der Waals surface area contributed by atoms with Gasteiger partial charge >= 0.3 is 0 Å². The first-order chi connectivity index (χ1) is 11.8. The maximum atomic E-state index is 2.34. The molecule has 0 spiro atoms. The maximum absolute atomic E-state index is 2.34. The van der Waals surface area contributed by atoms with Crippen molar-refractivity contribution >= 4 is 0 Å². The van der Waals surface area contributed by atoms with E-state index in [0.717, 1.165) is 0 Å². The van der Waals surface area contributed by atoms with Gasteiger partial charge in [0.15, 0.2) is 0 Å². The molecule has 0 unspecified atom stereocenters. The van der Waals surface area contributed by atoms with E-state index < -0.39 is 0 Å². The molecule has 1 nitrogen and oxygen atoms in total. The molecule has 0 aliphatic heterocycles. The lowest BCUT2D eigenvalue weighted by molar-refractivity contribution is 1.02.